The molecular weight excluding hydrogens is 217 g/mol. The first-order valence-electron chi connectivity index (χ1n) is 4.82. The molecule has 0 spiro atoms. The summed E-state index contributed by atoms with van der Waals surface area (Å²) < 4.78 is 36.5. The van der Waals surface area contributed by atoms with E-state index in [9.17, 15) is 12.8 Å². The molecule has 0 fully saturated rings. The lowest BCUT2D eigenvalue weighted by Crippen LogP contribution is -2.33. The van der Waals surface area contributed by atoms with Crippen molar-refractivity contribution in [2.75, 3.05) is 11.1 Å². The van der Waals surface area contributed by atoms with Crippen molar-refractivity contribution in [2.45, 2.75) is 24.3 Å². The largest absolute Gasteiger partial charge is 0.380 e. The molecule has 1 heterocycles. The number of fused-ring (bicyclic) bond motifs is 1. The van der Waals surface area contributed by atoms with E-state index in [1.807, 2.05) is 6.92 Å². The summed E-state index contributed by atoms with van der Waals surface area (Å²) in [6, 6.07) is 3.74. The van der Waals surface area contributed by atoms with Crippen LogP contribution in [0.15, 0.2) is 23.1 Å². The van der Waals surface area contributed by atoms with Gasteiger partial charge in [-0.1, -0.05) is 6.92 Å². The molecule has 0 bridgehead atoms. The van der Waals surface area contributed by atoms with Crippen LogP contribution in [0.3, 0.4) is 0 Å². The molecule has 0 aliphatic carbocycles. The topological polar surface area (TPSA) is 46.2 Å². The van der Waals surface area contributed by atoms with Crippen LogP contribution >= 0.6 is 0 Å². The summed E-state index contributed by atoms with van der Waals surface area (Å²) in [5.74, 6) is -0.478. The van der Waals surface area contributed by atoms with Crippen LogP contribution in [-0.4, -0.2) is 20.2 Å². The average Bonchev–Trinajstić information content (AvgIpc) is 2.18. The Morgan fingerprint density at radius 3 is 2.93 bits per heavy atom. The Bertz CT molecular complexity index is 484. The molecule has 0 radical (unpaired) electrons. The molecule has 15 heavy (non-hydrogen) atoms. The lowest BCUT2D eigenvalue weighted by molar-refractivity contribution is 0.578. The van der Waals surface area contributed by atoms with Crippen LogP contribution in [-0.2, 0) is 9.84 Å². The van der Waals surface area contributed by atoms with Gasteiger partial charge in [0.25, 0.3) is 0 Å². The first-order valence-corrected chi connectivity index (χ1v) is 6.47. The molecule has 1 N–H and O–H groups in total. The maximum Gasteiger partial charge on any atom is 0.182 e. The Morgan fingerprint density at radius 1 is 1.53 bits per heavy atom. The lowest BCUT2D eigenvalue weighted by Gasteiger charge is -2.25. The van der Waals surface area contributed by atoms with E-state index >= 15 is 0 Å². The van der Waals surface area contributed by atoms with Crippen molar-refractivity contribution in [3.05, 3.63) is 24.0 Å². The van der Waals surface area contributed by atoms with Crippen molar-refractivity contribution < 1.29 is 12.8 Å². The summed E-state index contributed by atoms with van der Waals surface area (Å²) in [4.78, 5) is 0.0761. The van der Waals surface area contributed by atoms with Gasteiger partial charge in [-0.15, -0.1) is 0 Å². The molecule has 0 amide bonds. The van der Waals surface area contributed by atoms with Crippen LogP contribution in [0.1, 0.15) is 13.3 Å². The summed E-state index contributed by atoms with van der Waals surface area (Å²) in [5, 5.41) is 3.08. The van der Waals surface area contributed by atoms with E-state index in [1.54, 1.807) is 0 Å². The van der Waals surface area contributed by atoms with Gasteiger partial charge in [-0.05, 0) is 24.6 Å². The van der Waals surface area contributed by atoms with Gasteiger partial charge < -0.3 is 5.32 Å². The molecule has 5 heteroatoms. The van der Waals surface area contributed by atoms with Crippen molar-refractivity contribution in [3.63, 3.8) is 0 Å². The van der Waals surface area contributed by atoms with Crippen LogP contribution in [0.4, 0.5) is 10.1 Å². The van der Waals surface area contributed by atoms with Crippen LogP contribution in [0, 0.1) is 5.82 Å². The number of hydrogen-bond donors (Lipinski definition) is 1. The zero-order valence-corrected chi connectivity index (χ0v) is 9.14. The van der Waals surface area contributed by atoms with Gasteiger partial charge in [0.15, 0.2) is 9.84 Å². The summed E-state index contributed by atoms with van der Waals surface area (Å²) in [5.41, 5.74) is 0.509. The fourth-order valence-electron chi connectivity index (χ4n) is 1.71. The molecule has 1 aliphatic rings. The van der Waals surface area contributed by atoms with E-state index in [0.29, 0.717) is 5.69 Å². The second-order valence-corrected chi connectivity index (χ2v) is 5.67. The Morgan fingerprint density at radius 2 is 2.27 bits per heavy atom. The second-order valence-electron chi connectivity index (χ2n) is 3.67. The van der Waals surface area contributed by atoms with Gasteiger partial charge in [0.2, 0.25) is 0 Å². The molecular formula is C10H12FNO2S. The number of nitrogens with one attached hydrogen (secondary N) is 1. The SMILES string of the molecule is CCC1CS(=O)(=O)c2cc(F)ccc2N1. The monoisotopic (exact) mass is 229 g/mol. The third kappa shape index (κ3) is 1.84. The highest BCUT2D eigenvalue weighted by atomic mass is 32.2. The van der Waals surface area contributed by atoms with Gasteiger partial charge in [0.05, 0.1) is 16.3 Å². The highest BCUT2D eigenvalue weighted by Crippen LogP contribution is 2.29. The van der Waals surface area contributed by atoms with Crippen molar-refractivity contribution in [1.29, 1.82) is 0 Å². The average molecular weight is 229 g/mol. The highest BCUT2D eigenvalue weighted by molar-refractivity contribution is 7.91. The summed E-state index contributed by atoms with van der Waals surface area (Å²) >= 11 is 0. The third-order valence-corrected chi connectivity index (χ3v) is 4.40. The summed E-state index contributed by atoms with van der Waals surface area (Å²) in [7, 11) is -3.33. The Hall–Kier alpha value is -1.10. The molecule has 1 aromatic carbocycles. The fraction of sp³-hybridized carbons (Fsp3) is 0.400. The fourth-order valence-corrected chi connectivity index (χ4v) is 3.49. The molecule has 1 aliphatic heterocycles. The van der Waals surface area contributed by atoms with E-state index in [2.05, 4.69) is 5.32 Å². The zero-order chi connectivity index (χ0) is 11.1. The summed E-state index contributed by atoms with van der Waals surface area (Å²) in [6.45, 7) is 1.92. The van der Waals surface area contributed by atoms with Crippen molar-refractivity contribution >= 4 is 15.5 Å². The second kappa shape index (κ2) is 3.48. The normalized spacial score (nSPS) is 22.9. The van der Waals surface area contributed by atoms with Crippen LogP contribution < -0.4 is 5.32 Å². The maximum absolute atomic E-state index is 12.9. The first kappa shape index (κ1) is 10.4. The molecule has 82 valence electrons. The van der Waals surface area contributed by atoms with Crippen molar-refractivity contribution in [2.24, 2.45) is 0 Å². The highest BCUT2D eigenvalue weighted by Gasteiger charge is 2.29. The number of halogens is 1. The van der Waals surface area contributed by atoms with Crippen LogP contribution in [0.5, 0.6) is 0 Å². The number of rotatable bonds is 1. The van der Waals surface area contributed by atoms with E-state index in [-0.39, 0.29) is 16.7 Å². The van der Waals surface area contributed by atoms with Gasteiger partial charge in [0, 0.05) is 6.04 Å². The maximum atomic E-state index is 12.9. The van der Waals surface area contributed by atoms with Gasteiger partial charge in [-0.25, -0.2) is 12.8 Å². The molecule has 0 aromatic heterocycles. The molecule has 0 saturated heterocycles. The Balaban J connectivity index is 2.55. The van der Waals surface area contributed by atoms with Crippen molar-refractivity contribution in [1.82, 2.24) is 0 Å². The minimum atomic E-state index is -3.33. The molecule has 1 unspecified atom stereocenters. The number of sulfone groups is 1. The predicted octanol–water partition coefficient (Wildman–Crippen LogP) is 1.80. The third-order valence-electron chi connectivity index (χ3n) is 2.55. The van der Waals surface area contributed by atoms with Gasteiger partial charge in [-0.3, -0.25) is 0 Å². The number of anilines is 1. The standard InChI is InChI=1S/C10H12FNO2S/c1-2-8-6-15(13,14)10-5-7(11)3-4-9(10)12-8/h3-5,8,12H,2,6H2,1H3. The quantitative estimate of drug-likeness (QED) is 0.798. The van der Waals surface area contributed by atoms with Gasteiger partial charge >= 0.3 is 0 Å². The van der Waals surface area contributed by atoms with Gasteiger partial charge in [-0.2, -0.15) is 0 Å². The zero-order valence-electron chi connectivity index (χ0n) is 8.33. The Kier molecular flexibility index (Phi) is 2.42. The van der Waals surface area contributed by atoms with E-state index in [4.69, 9.17) is 0 Å². The smallest absolute Gasteiger partial charge is 0.182 e. The van der Waals surface area contributed by atoms with E-state index in [1.165, 1.54) is 12.1 Å². The molecule has 2 rings (SSSR count). The van der Waals surface area contributed by atoms with E-state index < -0.39 is 15.7 Å². The molecule has 1 aromatic rings. The lowest BCUT2D eigenvalue weighted by atomic mass is 10.2. The number of benzene rings is 1. The van der Waals surface area contributed by atoms with E-state index in [0.717, 1.165) is 12.5 Å². The van der Waals surface area contributed by atoms with Crippen LogP contribution in [0.2, 0.25) is 0 Å². The number of hydrogen-bond acceptors (Lipinski definition) is 3. The first-order chi connectivity index (χ1) is 7.03. The van der Waals surface area contributed by atoms with Crippen LogP contribution in [0.25, 0.3) is 0 Å². The minimum absolute atomic E-state index is 0.0416. The Labute approximate surface area is 88.2 Å². The molecule has 0 saturated carbocycles. The predicted molar refractivity (Wildman–Crippen MR) is 56.2 cm³/mol. The molecule has 3 nitrogen and oxygen atoms in total. The minimum Gasteiger partial charge on any atom is -0.380 e. The van der Waals surface area contributed by atoms with Gasteiger partial charge in [0.1, 0.15) is 5.82 Å². The molecule has 1 atom stereocenters. The van der Waals surface area contributed by atoms with Crippen molar-refractivity contribution in [3.8, 4) is 0 Å². The summed E-state index contributed by atoms with van der Waals surface area (Å²) in [6.07, 6.45) is 0.732.